The van der Waals surface area contributed by atoms with Crippen LogP contribution in [0, 0.1) is 0 Å². The molecule has 0 saturated heterocycles. The number of hydrogen-bond acceptors (Lipinski definition) is 2. The van der Waals surface area contributed by atoms with E-state index in [-0.39, 0.29) is 28.9 Å². The van der Waals surface area contributed by atoms with E-state index in [1.807, 2.05) is 0 Å². The quantitative estimate of drug-likeness (QED) is 0.763. The van der Waals surface area contributed by atoms with Crippen LogP contribution < -0.4 is 0 Å². The fourth-order valence-electron chi connectivity index (χ4n) is 1.67. The van der Waals surface area contributed by atoms with Crippen LogP contribution >= 0.6 is 11.8 Å². The van der Waals surface area contributed by atoms with Crippen LogP contribution in [0.1, 0.15) is 25.0 Å². The Labute approximate surface area is 102 Å². The summed E-state index contributed by atoms with van der Waals surface area (Å²) in [5.41, 5.74) is -2.99. The molecule has 1 rings (SSSR count). The van der Waals surface area contributed by atoms with Crippen LogP contribution in [0.15, 0.2) is 23.1 Å². The van der Waals surface area contributed by atoms with Crippen LogP contribution in [0.5, 0.6) is 0 Å². The minimum atomic E-state index is -4.29. The zero-order valence-corrected chi connectivity index (χ0v) is 10.4. The van der Waals surface area contributed by atoms with Gasteiger partial charge in [0.1, 0.15) is 5.78 Å². The summed E-state index contributed by atoms with van der Waals surface area (Å²) >= 11 is -0.118. The predicted molar refractivity (Wildman–Crippen MR) is 62.1 cm³/mol. The van der Waals surface area contributed by atoms with Gasteiger partial charge in [-0.2, -0.15) is 13.2 Å². The molecule has 0 aliphatic carbocycles. The lowest BCUT2D eigenvalue weighted by atomic mass is 10.0. The zero-order chi connectivity index (χ0) is 13.1. The highest BCUT2D eigenvalue weighted by molar-refractivity contribution is 8.00. The van der Waals surface area contributed by atoms with Crippen molar-refractivity contribution in [3.8, 4) is 0 Å². The molecule has 1 aromatic carbocycles. The summed E-state index contributed by atoms with van der Waals surface area (Å²) in [5.74, 6) is -0.0474. The minimum Gasteiger partial charge on any atom is -0.300 e. The van der Waals surface area contributed by atoms with Crippen molar-refractivity contribution in [3.63, 3.8) is 0 Å². The lowest BCUT2D eigenvalue weighted by Crippen LogP contribution is -2.05. The van der Waals surface area contributed by atoms with E-state index in [1.54, 1.807) is 19.1 Å². The number of carbonyl (C=O) groups is 1. The van der Waals surface area contributed by atoms with Gasteiger partial charge in [0.25, 0.3) is 0 Å². The number of carbonyl (C=O) groups excluding carboxylic acids is 1. The predicted octanol–water partition coefficient (Wildman–Crippen LogP) is 3.99. The third-order valence-corrected chi connectivity index (χ3v) is 3.08. The van der Waals surface area contributed by atoms with Crippen LogP contribution in [-0.2, 0) is 17.6 Å². The zero-order valence-electron chi connectivity index (χ0n) is 9.60. The van der Waals surface area contributed by atoms with Gasteiger partial charge in [-0.1, -0.05) is 19.1 Å². The van der Waals surface area contributed by atoms with Gasteiger partial charge in [0.15, 0.2) is 0 Å². The first-order valence-corrected chi connectivity index (χ1v) is 6.01. The molecule has 94 valence electrons. The molecule has 0 N–H and O–H groups in total. The second kappa shape index (κ2) is 5.58. The smallest absolute Gasteiger partial charge is 0.300 e. The first kappa shape index (κ1) is 14.1. The van der Waals surface area contributed by atoms with Gasteiger partial charge in [-0.15, -0.1) is 0 Å². The van der Waals surface area contributed by atoms with E-state index in [9.17, 15) is 18.0 Å². The molecule has 1 aromatic rings. The van der Waals surface area contributed by atoms with Crippen LogP contribution in [0.4, 0.5) is 13.2 Å². The largest absolute Gasteiger partial charge is 0.446 e. The van der Waals surface area contributed by atoms with Crippen molar-refractivity contribution in [2.24, 2.45) is 0 Å². The van der Waals surface area contributed by atoms with Gasteiger partial charge in [0.2, 0.25) is 0 Å². The summed E-state index contributed by atoms with van der Waals surface area (Å²) in [4.78, 5) is 11.2. The van der Waals surface area contributed by atoms with E-state index in [4.69, 9.17) is 0 Å². The maximum Gasteiger partial charge on any atom is 0.446 e. The summed E-state index contributed by atoms with van der Waals surface area (Å²) in [6, 6.07) is 4.72. The Hall–Kier alpha value is -0.970. The Morgan fingerprint density at radius 2 is 2.00 bits per heavy atom. The standard InChI is InChI=1S/C12H13F3OS/c1-3-10-9(7-8(2)16)5-4-6-11(10)17-12(13,14)15/h4-6H,3,7H2,1-2H3. The van der Waals surface area contributed by atoms with Gasteiger partial charge < -0.3 is 0 Å². The maximum atomic E-state index is 12.3. The highest BCUT2D eigenvalue weighted by Crippen LogP contribution is 2.39. The SMILES string of the molecule is CCc1c(CC(C)=O)cccc1SC(F)(F)F. The number of ketones is 1. The van der Waals surface area contributed by atoms with Gasteiger partial charge in [0, 0.05) is 11.3 Å². The molecule has 17 heavy (non-hydrogen) atoms. The Bertz CT molecular complexity index is 413. The molecule has 0 aliphatic heterocycles. The number of thioether (sulfide) groups is 1. The Balaban J connectivity index is 3.09. The Kier molecular flexibility index (Phi) is 4.62. The van der Waals surface area contributed by atoms with E-state index in [1.165, 1.54) is 13.0 Å². The normalized spacial score (nSPS) is 11.6. The van der Waals surface area contributed by atoms with Crippen molar-refractivity contribution in [3.05, 3.63) is 29.3 Å². The third-order valence-electron chi connectivity index (χ3n) is 2.25. The molecule has 0 aromatic heterocycles. The van der Waals surface area contributed by atoms with Crippen LogP contribution in [-0.4, -0.2) is 11.3 Å². The number of benzene rings is 1. The molecule has 0 heterocycles. The number of hydrogen-bond donors (Lipinski definition) is 0. The van der Waals surface area contributed by atoms with E-state index in [0.717, 1.165) is 0 Å². The summed E-state index contributed by atoms with van der Waals surface area (Å²) in [6.07, 6.45) is 0.678. The molecule has 0 amide bonds. The second-order valence-electron chi connectivity index (χ2n) is 3.67. The third kappa shape index (κ3) is 4.42. The summed E-state index contributed by atoms with van der Waals surface area (Å²) < 4.78 is 37.0. The van der Waals surface area contributed by atoms with Gasteiger partial charge >= 0.3 is 5.51 Å². The highest BCUT2D eigenvalue weighted by Gasteiger charge is 2.30. The molecule has 0 aliphatic rings. The summed E-state index contributed by atoms with van der Waals surface area (Å²) in [7, 11) is 0. The first-order valence-electron chi connectivity index (χ1n) is 5.19. The van der Waals surface area contributed by atoms with E-state index in [2.05, 4.69) is 0 Å². The van der Waals surface area contributed by atoms with Crippen molar-refractivity contribution in [2.75, 3.05) is 0 Å². The number of alkyl halides is 3. The van der Waals surface area contributed by atoms with Crippen LogP contribution in [0.3, 0.4) is 0 Å². The Morgan fingerprint density at radius 3 is 2.47 bits per heavy atom. The van der Waals surface area contributed by atoms with Crippen LogP contribution in [0.25, 0.3) is 0 Å². The number of rotatable bonds is 4. The minimum absolute atomic E-state index is 0.0474. The molecule has 0 radical (unpaired) electrons. The average molecular weight is 262 g/mol. The van der Waals surface area contributed by atoms with Gasteiger partial charge in [-0.25, -0.2) is 0 Å². The molecule has 0 unspecified atom stereocenters. The topological polar surface area (TPSA) is 17.1 Å². The van der Waals surface area contributed by atoms with E-state index < -0.39 is 5.51 Å². The molecule has 0 bridgehead atoms. The van der Waals surface area contributed by atoms with Crippen molar-refractivity contribution in [2.45, 2.75) is 37.1 Å². The fraction of sp³-hybridized carbons (Fsp3) is 0.417. The van der Waals surface area contributed by atoms with E-state index in [0.29, 0.717) is 17.5 Å². The molecule has 1 nitrogen and oxygen atoms in total. The van der Waals surface area contributed by atoms with Gasteiger partial charge in [0.05, 0.1) is 0 Å². The molecule has 0 saturated carbocycles. The Morgan fingerprint density at radius 1 is 1.35 bits per heavy atom. The molecular formula is C12H13F3OS. The summed E-state index contributed by atoms with van der Waals surface area (Å²) in [6.45, 7) is 3.22. The average Bonchev–Trinajstić information content (AvgIpc) is 2.14. The summed E-state index contributed by atoms with van der Waals surface area (Å²) in [5, 5.41) is 0. The molecule has 0 atom stereocenters. The number of Topliss-reactive ketones (excluding diaryl/α,β-unsaturated/α-hetero) is 1. The van der Waals surface area contributed by atoms with Gasteiger partial charge in [-0.3, -0.25) is 4.79 Å². The van der Waals surface area contributed by atoms with E-state index >= 15 is 0 Å². The van der Waals surface area contributed by atoms with Crippen molar-refractivity contribution in [1.82, 2.24) is 0 Å². The molecule has 0 fully saturated rings. The lowest BCUT2D eigenvalue weighted by molar-refractivity contribution is -0.116. The second-order valence-corrected chi connectivity index (χ2v) is 4.78. The molecule has 0 spiro atoms. The monoisotopic (exact) mass is 262 g/mol. The molecule has 5 heteroatoms. The van der Waals surface area contributed by atoms with Gasteiger partial charge in [-0.05, 0) is 42.3 Å². The maximum absolute atomic E-state index is 12.3. The van der Waals surface area contributed by atoms with Crippen molar-refractivity contribution >= 4 is 17.5 Å². The van der Waals surface area contributed by atoms with Crippen molar-refractivity contribution < 1.29 is 18.0 Å². The fourth-order valence-corrected chi connectivity index (χ4v) is 2.46. The first-order chi connectivity index (χ1) is 7.83. The highest BCUT2D eigenvalue weighted by atomic mass is 32.2. The lowest BCUT2D eigenvalue weighted by Gasteiger charge is -2.13. The number of halogens is 3. The van der Waals surface area contributed by atoms with Crippen molar-refractivity contribution in [1.29, 1.82) is 0 Å². The van der Waals surface area contributed by atoms with Crippen LogP contribution in [0.2, 0.25) is 0 Å². The molecular weight excluding hydrogens is 249 g/mol.